The third kappa shape index (κ3) is 3.07. The van der Waals surface area contributed by atoms with E-state index in [0.29, 0.717) is 0 Å². The van der Waals surface area contributed by atoms with Crippen molar-refractivity contribution in [2.24, 2.45) is 0 Å². The van der Waals surface area contributed by atoms with E-state index in [-0.39, 0.29) is 12.6 Å². The van der Waals surface area contributed by atoms with E-state index in [9.17, 15) is 4.79 Å². The Morgan fingerprint density at radius 1 is 1.25 bits per heavy atom. The molecule has 0 saturated carbocycles. The first-order valence-electron chi connectivity index (χ1n) is 5.44. The molecule has 0 aliphatic carbocycles. The molecule has 0 bridgehead atoms. The van der Waals surface area contributed by atoms with Gasteiger partial charge in [0.15, 0.2) is 0 Å². The smallest absolute Gasteiger partial charge is 0.317 e. The van der Waals surface area contributed by atoms with Crippen molar-refractivity contribution in [2.45, 2.75) is 33.7 Å². The number of rotatable bonds is 4. The Morgan fingerprint density at radius 3 is 2.38 bits per heavy atom. The Hall–Kier alpha value is -1.35. The number of carboxylic acids is 1. The van der Waals surface area contributed by atoms with Crippen molar-refractivity contribution in [3.63, 3.8) is 0 Å². The lowest BCUT2D eigenvalue weighted by molar-refractivity contribution is -0.136. The van der Waals surface area contributed by atoms with Crippen LogP contribution in [0.1, 0.15) is 35.2 Å². The summed E-state index contributed by atoms with van der Waals surface area (Å²) in [5.74, 6) is -0.826. The fraction of sp³-hybridized carbons (Fsp3) is 0.462. The van der Waals surface area contributed by atoms with Crippen LogP contribution in [-0.2, 0) is 4.79 Å². The first-order chi connectivity index (χ1) is 7.41. The molecule has 0 heterocycles. The number of nitrogens with one attached hydrogen (secondary N) is 1. The highest BCUT2D eigenvalue weighted by Crippen LogP contribution is 2.21. The van der Waals surface area contributed by atoms with Gasteiger partial charge in [0.05, 0.1) is 6.54 Å². The van der Waals surface area contributed by atoms with E-state index in [2.05, 4.69) is 38.2 Å². The van der Waals surface area contributed by atoms with Gasteiger partial charge in [0.25, 0.3) is 0 Å². The monoisotopic (exact) mass is 221 g/mol. The molecular formula is C13H19NO2. The van der Waals surface area contributed by atoms with Crippen molar-refractivity contribution < 1.29 is 9.90 Å². The summed E-state index contributed by atoms with van der Waals surface area (Å²) in [6, 6.07) is 4.34. The molecule has 3 heteroatoms. The lowest BCUT2D eigenvalue weighted by Gasteiger charge is -2.17. The third-order valence-electron chi connectivity index (χ3n) is 2.91. The van der Waals surface area contributed by atoms with Gasteiger partial charge in [0.1, 0.15) is 0 Å². The van der Waals surface area contributed by atoms with Crippen LogP contribution < -0.4 is 5.32 Å². The molecule has 88 valence electrons. The van der Waals surface area contributed by atoms with E-state index in [0.717, 1.165) is 0 Å². The average Bonchev–Trinajstić information content (AvgIpc) is 2.20. The van der Waals surface area contributed by atoms with Crippen LogP contribution in [0.3, 0.4) is 0 Å². The molecule has 0 fully saturated rings. The zero-order valence-electron chi connectivity index (χ0n) is 10.3. The minimum absolute atomic E-state index is 0.00642. The second-order valence-corrected chi connectivity index (χ2v) is 4.29. The normalized spacial score (nSPS) is 12.5. The van der Waals surface area contributed by atoms with Crippen molar-refractivity contribution in [2.75, 3.05) is 6.54 Å². The lowest BCUT2D eigenvalue weighted by Crippen LogP contribution is -2.26. The van der Waals surface area contributed by atoms with E-state index in [1.54, 1.807) is 0 Å². The molecule has 0 radical (unpaired) electrons. The van der Waals surface area contributed by atoms with Gasteiger partial charge in [-0.3, -0.25) is 4.79 Å². The number of aryl methyl sites for hydroxylation is 3. The largest absolute Gasteiger partial charge is 0.480 e. The zero-order chi connectivity index (χ0) is 12.3. The van der Waals surface area contributed by atoms with E-state index in [1.165, 1.54) is 22.3 Å². The summed E-state index contributed by atoms with van der Waals surface area (Å²) in [5.41, 5.74) is 4.88. The first kappa shape index (κ1) is 12.7. The molecule has 1 rings (SSSR count). The predicted octanol–water partition coefficient (Wildman–Crippen LogP) is 2.35. The highest BCUT2D eigenvalue weighted by Gasteiger charge is 2.10. The Kier molecular flexibility index (Phi) is 4.07. The van der Waals surface area contributed by atoms with Crippen LogP contribution >= 0.6 is 0 Å². The van der Waals surface area contributed by atoms with Gasteiger partial charge in [0.2, 0.25) is 0 Å². The van der Waals surface area contributed by atoms with E-state index < -0.39 is 5.97 Å². The molecule has 0 aliphatic heterocycles. The molecule has 1 aromatic rings. The quantitative estimate of drug-likeness (QED) is 0.820. The Bertz CT molecular complexity index is 399. The topological polar surface area (TPSA) is 49.3 Å². The second kappa shape index (κ2) is 5.12. The molecule has 0 saturated heterocycles. The number of carboxylic acid groups (broad SMARTS) is 1. The van der Waals surface area contributed by atoms with Crippen LogP contribution in [0.5, 0.6) is 0 Å². The highest BCUT2D eigenvalue weighted by molar-refractivity contribution is 5.69. The van der Waals surface area contributed by atoms with Crippen molar-refractivity contribution in [1.82, 2.24) is 5.32 Å². The molecule has 2 N–H and O–H groups in total. The average molecular weight is 221 g/mol. The highest BCUT2D eigenvalue weighted by atomic mass is 16.4. The van der Waals surface area contributed by atoms with Gasteiger partial charge in [0, 0.05) is 6.04 Å². The van der Waals surface area contributed by atoms with Gasteiger partial charge in [-0.25, -0.2) is 0 Å². The molecule has 0 aromatic heterocycles. The summed E-state index contributed by atoms with van der Waals surface area (Å²) in [4.78, 5) is 10.5. The molecule has 1 unspecified atom stereocenters. The summed E-state index contributed by atoms with van der Waals surface area (Å²) in [7, 11) is 0. The van der Waals surface area contributed by atoms with Crippen molar-refractivity contribution >= 4 is 5.97 Å². The molecule has 1 aromatic carbocycles. The number of aliphatic carboxylic acids is 1. The van der Waals surface area contributed by atoms with Gasteiger partial charge in [-0.05, 0) is 49.9 Å². The fourth-order valence-electron chi connectivity index (χ4n) is 1.80. The fourth-order valence-corrected chi connectivity index (χ4v) is 1.80. The number of benzene rings is 1. The van der Waals surface area contributed by atoms with E-state index >= 15 is 0 Å². The molecular weight excluding hydrogens is 202 g/mol. The Morgan fingerprint density at radius 2 is 1.81 bits per heavy atom. The maximum absolute atomic E-state index is 10.5. The molecule has 0 amide bonds. The van der Waals surface area contributed by atoms with Crippen molar-refractivity contribution in [3.8, 4) is 0 Å². The minimum Gasteiger partial charge on any atom is -0.480 e. The van der Waals surface area contributed by atoms with Crippen LogP contribution in [-0.4, -0.2) is 17.6 Å². The van der Waals surface area contributed by atoms with Crippen LogP contribution in [0, 0.1) is 20.8 Å². The summed E-state index contributed by atoms with van der Waals surface area (Å²) >= 11 is 0. The summed E-state index contributed by atoms with van der Waals surface area (Å²) in [5, 5.41) is 11.6. The second-order valence-electron chi connectivity index (χ2n) is 4.29. The summed E-state index contributed by atoms with van der Waals surface area (Å²) < 4.78 is 0. The minimum atomic E-state index is -0.826. The van der Waals surface area contributed by atoms with Crippen LogP contribution in [0.2, 0.25) is 0 Å². The van der Waals surface area contributed by atoms with Gasteiger partial charge in [-0.2, -0.15) is 0 Å². The molecule has 0 aliphatic rings. The van der Waals surface area contributed by atoms with Crippen LogP contribution in [0.25, 0.3) is 0 Å². The van der Waals surface area contributed by atoms with E-state index in [1.807, 2.05) is 6.92 Å². The molecule has 3 nitrogen and oxygen atoms in total. The zero-order valence-corrected chi connectivity index (χ0v) is 10.3. The SMILES string of the molecule is Cc1cc(C)c(C(C)NCC(=O)O)cc1C. The standard InChI is InChI=1S/C13H19NO2/c1-8-5-10(3)12(6-9(8)2)11(4)14-7-13(15)16/h5-6,11,14H,7H2,1-4H3,(H,15,16). The number of carbonyl (C=O) groups is 1. The first-order valence-corrected chi connectivity index (χ1v) is 5.44. The molecule has 0 spiro atoms. The predicted molar refractivity (Wildman–Crippen MR) is 64.7 cm³/mol. The summed E-state index contributed by atoms with van der Waals surface area (Å²) in [6.07, 6.45) is 0. The Labute approximate surface area is 96.5 Å². The maximum atomic E-state index is 10.5. The van der Waals surface area contributed by atoms with Gasteiger partial charge in [-0.15, -0.1) is 0 Å². The lowest BCUT2D eigenvalue weighted by atomic mass is 9.96. The number of hydrogen-bond donors (Lipinski definition) is 2. The Balaban J connectivity index is 2.86. The maximum Gasteiger partial charge on any atom is 0.317 e. The van der Waals surface area contributed by atoms with E-state index in [4.69, 9.17) is 5.11 Å². The van der Waals surface area contributed by atoms with Crippen LogP contribution in [0.4, 0.5) is 0 Å². The van der Waals surface area contributed by atoms with Crippen molar-refractivity contribution in [1.29, 1.82) is 0 Å². The number of hydrogen-bond acceptors (Lipinski definition) is 2. The third-order valence-corrected chi connectivity index (χ3v) is 2.91. The summed E-state index contributed by atoms with van der Waals surface area (Å²) in [6.45, 7) is 8.19. The van der Waals surface area contributed by atoms with Gasteiger partial charge >= 0.3 is 5.97 Å². The molecule has 1 atom stereocenters. The van der Waals surface area contributed by atoms with Gasteiger partial charge < -0.3 is 10.4 Å². The van der Waals surface area contributed by atoms with Gasteiger partial charge in [-0.1, -0.05) is 12.1 Å². The van der Waals surface area contributed by atoms with Crippen molar-refractivity contribution in [3.05, 3.63) is 34.4 Å². The molecule has 16 heavy (non-hydrogen) atoms. The van der Waals surface area contributed by atoms with Crippen LogP contribution in [0.15, 0.2) is 12.1 Å².